The number of benzene rings is 2. The van der Waals surface area contributed by atoms with Gasteiger partial charge in [0, 0.05) is 11.3 Å². The Morgan fingerprint density at radius 3 is 2.17 bits per heavy atom. The molecule has 0 aromatic heterocycles. The summed E-state index contributed by atoms with van der Waals surface area (Å²) in [6.07, 6.45) is -5.28. The number of methoxy groups -OCH3 is 1. The van der Waals surface area contributed by atoms with Crippen LogP contribution >= 0.6 is 23.2 Å². The lowest BCUT2D eigenvalue weighted by Gasteiger charge is -2.35. The lowest BCUT2D eigenvalue weighted by Crippen LogP contribution is -2.69. The molecule has 1 atom stereocenters. The molecule has 0 heterocycles. The molecule has 30 heavy (non-hydrogen) atoms. The molecule has 1 amide bonds. The first-order valence-electron chi connectivity index (χ1n) is 8.47. The molecule has 0 bridgehead atoms. The quantitative estimate of drug-likeness (QED) is 0.460. The van der Waals surface area contributed by atoms with Gasteiger partial charge in [0.15, 0.2) is 0 Å². The molecule has 0 aliphatic heterocycles. The van der Waals surface area contributed by atoms with Crippen molar-refractivity contribution in [3.8, 4) is 5.75 Å². The molecule has 0 fully saturated rings. The molecule has 11 heteroatoms. The van der Waals surface area contributed by atoms with E-state index in [1.807, 2.05) is 5.32 Å². The number of nitrogens with one attached hydrogen (secondary N) is 2. The summed E-state index contributed by atoms with van der Waals surface area (Å²) in [4.78, 5) is 25.0. The Bertz CT molecular complexity index is 923. The molecular formula is C19H17Cl2F3N2O4. The van der Waals surface area contributed by atoms with E-state index in [1.165, 1.54) is 50.4 Å². The predicted molar refractivity (Wildman–Crippen MR) is 106 cm³/mol. The number of carbonyl (C=O) groups is 2. The van der Waals surface area contributed by atoms with Gasteiger partial charge in [0.2, 0.25) is 0 Å². The van der Waals surface area contributed by atoms with Gasteiger partial charge in [-0.15, -0.1) is 0 Å². The number of amides is 1. The van der Waals surface area contributed by atoms with Gasteiger partial charge in [-0.1, -0.05) is 23.2 Å². The van der Waals surface area contributed by atoms with E-state index in [9.17, 15) is 22.8 Å². The molecule has 0 saturated carbocycles. The maximum Gasteiger partial charge on any atom is 0.441 e. The summed E-state index contributed by atoms with van der Waals surface area (Å²) >= 11 is 11.6. The third kappa shape index (κ3) is 5.09. The minimum atomic E-state index is -5.28. The molecule has 2 aromatic carbocycles. The van der Waals surface area contributed by atoms with Crippen LogP contribution in [-0.2, 0) is 9.53 Å². The van der Waals surface area contributed by atoms with Gasteiger partial charge >= 0.3 is 17.8 Å². The van der Waals surface area contributed by atoms with Crippen molar-refractivity contribution < 1.29 is 32.2 Å². The lowest BCUT2D eigenvalue weighted by molar-refractivity contribution is -0.204. The second-order valence-corrected chi connectivity index (χ2v) is 6.72. The number of halogens is 5. The Balaban J connectivity index is 2.50. The third-order valence-electron chi connectivity index (χ3n) is 3.91. The van der Waals surface area contributed by atoms with Crippen LogP contribution in [0.2, 0.25) is 10.0 Å². The van der Waals surface area contributed by atoms with E-state index >= 15 is 0 Å². The first-order valence-corrected chi connectivity index (χ1v) is 9.23. The summed E-state index contributed by atoms with van der Waals surface area (Å²) in [6, 6.07) is 8.78. The monoisotopic (exact) mass is 464 g/mol. The molecule has 0 spiro atoms. The number of carbonyl (C=O) groups excluding carboxylic acids is 2. The van der Waals surface area contributed by atoms with Crippen LogP contribution in [0, 0.1) is 0 Å². The Morgan fingerprint density at radius 1 is 1.03 bits per heavy atom. The fourth-order valence-electron chi connectivity index (χ4n) is 2.41. The zero-order chi connectivity index (χ0) is 22.5. The summed E-state index contributed by atoms with van der Waals surface area (Å²) in [5, 5.41) is 3.78. The molecule has 162 valence electrons. The van der Waals surface area contributed by atoms with Crippen molar-refractivity contribution in [3.63, 3.8) is 0 Å². The molecule has 0 radical (unpaired) electrons. The van der Waals surface area contributed by atoms with Crippen molar-refractivity contribution >= 4 is 40.8 Å². The standard InChI is InChI=1S/C19H17Cl2F3N2O4/c1-3-30-17(28)18(19(22,23)24,25-12-6-9-14(20)15(21)10-12)26-16(27)11-4-7-13(29-2)8-5-11/h4-10,25H,3H2,1-2H3,(H,26,27)/t18-/m0/s1. The van der Waals surface area contributed by atoms with Gasteiger partial charge in [-0.25, -0.2) is 4.79 Å². The highest BCUT2D eigenvalue weighted by atomic mass is 35.5. The SMILES string of the molecule is CCOC(=O)[C@@](NC(=O)c1ccc(OC)cc1)(Nc1ccc(Cl)c(Cl)c1)C(F)(F)F. The van der Waals surface area contributed by atoms with Crippen molar-refractivity contribution in [3.05, 3.63) is 58.1 Å². The highest BCUT2D eigenvalue weighted by Crippen LogP contribution is 2.35. The van der Waals surface area contributed by atoms with E-state index in [2.05, 4.69) is 4.74 Å². The first-order chi connectivity index (χ1) is 14.0. The minimum Gasteiger partial charge on any atom is -0.497 e. The maximum absolute atomic E-state index is 14.2. The van der Waals surface area contributed by atoms with Crippen LogP contribution in [0.15, 0.2) is 42.5 Å². The number of rotatable bonds is 7. The number of ether oxygens (including phenoxy) is 2. The largest absolute Gasteiger partial charge is 0.497 e. The highest BCUT2D eigenvalue weighted by Gasteiger charge is 2.63. The number of esters is 1. The summed E-state index contributed by atoms with van der Waals surface area (Å²) in [5.41, 5.74) is -3.94. The predicted octanol–water partition coefficient (Wildman–Crippen LogP) is 4.67. The zero-order valence-electron chi connectivity index (χ0n) is 15.8. The Hall–Kier alpha value is -2.65. The average molecular weight is 465 g/mol. The minimum absolute atomic E-state index is 0.0527. The van der Waals surface area contributed by atoms with Gasteiger partial charge in [-0.3, -0.25) is 4.79 Å². The summed E-state index contributed by atoms with van der Waals surface area (Å²) in [6.45, 7) is 0.988. The van der Waals surface area contributed by atoms with Crippen molar-refractivity contribution in [2.75, 3.05) is 19.0 Å². The van der Waals surface area contributed by atoms with Crippen molar-refractivity contribution in [2.24, 2.45) is 0 Å². The van der Waals surface area contributed by atoms with E-state index in [-0.39, 0.29) is 27.9 Å². The van der Waals surface area contributed by atoms with Crippen LogP contribution in [0.4, 0.5) is 18.9 Å². The van der Waals surface area contributed by atoms with Crippen LogP contribution in [0.3, 0.4) is 0 Å². The van der Waals surface area contributed by atoms with Crippen LogP contribution in [0.1, 0.15) is 17.3 Å². The van der Waals surface area contributed by atoms with Crippen LogP contribution < -0.4 is 15.4 Å². The topological polar surface area (TPSA) is 76.7 Å². The van der Waals surface area contributed by atoms with Gasteiger partial charge in [0.05, 0.1) is 23.8 Å². The van der Waals surface area contributed by atoms with Crippen LogP contribution in [0.25, 0.3) is 0 Å². The lowest BCUT2D eigenvalue weighted by atomic mass is 10.1. The Kier molecular flexibility index (Phi) is 7.44. The maximum atomic E-state index is 14.2. The third-order valence-corrected chi connectivity index (χ3v) is 4.65. The van der Waals surface area contributed by atoms with Crippen LogP contribution in [-0.4, -0.2) is 37.4 Å². The molecule has 6 nitrogen and oxygen atoms in total. The van der Waals surface area contributed by atoms with Gasteiger partial charge in [-0.05, 0) is 49.4 Å². The first kappa shape index (κ1) is 23.6. The van der Waals surface area contributed by atoms with E-state index in [4.69, 9.17) is 27.9 Å². The van der Waals surface area contributed by atoms with Crippen LogP contribution in [0.5, 0.6) is 5.75 Å². The zero-order valence-corrected chi connectivity index (χ0v) is 17.3. The number of hydrogen-bond donors (Lipinski definition) is 2. The van der Waals surface area contributed by atoms with Crippen molar-refractivity contribution in [2.45, 2.75) is 18.8 Å². The smallest absolute Gasteiger partial charge is 0.441 e. The molecular weight excluding hydrogens is 448 g/mol. The molecule has 0 aliphatic carbocycles. The molecule has 2 rings (SSSR count). The van der Waals surface area contributed by atoms with E-state index in [1.54, 1.807) is 5.32 Å². The summed E-state index contributed by atoms with van der Waals surface area (Å²) in [7, 11) is 1.39. The van der Waals surface area contributed by atoms with Gasteiger partial charge in [-0.2, -0.15) is 13.2 Å². The van der Waals surface area contributed by atoms with Crippen molar-refractivity contribution in [1.82, 2.24) is 5.32 Å². The molecule has 0 saturated heterocycles. The van der Waals surface area contributed by atoms with E-state index < -0.39 is 23.7 Å². The second kappa shape index (κ2) is 9.44. The van der Waals surface area contributed by atoms with Gasteiger partial charge in [0.25, 0.3) is 5.91 Å². The molecule has 2 N–H and O–H groups in total. The van der Waals surface area contributed by atoms with E-state index in [0.717, 1.165) is 6.07 Å². The summed E-state index contributed by atoms with van der Waals surface area (Å²) < 4.78 is 52.0. The molecule has 0 aliphatic rings. The second-order valence-electron chi connectivity index (χ2n) is 5.90. The number of anilines is 1. The fraction of sp³-hybridized carbons (Fsp3) is 0.263. The highest BCUT2D eigenvalue weighted by molar-refractivity contribution is 6.42. The van der Waals surface area contributed by atoms with Crippen molar-refractivity contribution in [1.29, 1.82) is 0 Å². The number of hydrogen-bond acceptors (Lipinski definition) is 5. The average Bonchev–Trinajstić information content (AvgIpc) is 2.69. The Labute approximate surface area is 180 Å². The Morgan fingerprint density at radius 2 is 1.67 bits per heavy atom. The normalized spacial score (nSPS) is 13.2. The van der Waals surface area contributed by atoms with E-state index in [0.29, 0.717) is 5.75 Å². The molecule has 0 unspecified atom stereocenters. The summed E-state index contributed by atoms with van der Waals surface area (Å²) in [5.74, 6) is -2.52. The number of alkyl halides is 3. The van der Waals surface area contributed by atoms with Gasteiger partial charge < -0.3 is 20.1 Å². The van der Waals surface area contributed by atoms with Gasteiger partial charge in [0.1, 0.15) is 5.75 Å². The molecule has 2 aromatic rings. The fourth-order valence-corrected chi connectivity index (χ4v) is 2.70.